The van der Waals surface area contributed by atoms with E-state index in [0.717, 1.165) is 26.5 Å². The number of carbonyl (C=O) groups is 1. The Balaban J connectivity index is 1.46. The fourth-order valence-corrected chi connectivity index (χ4v) is 4.03. The van der Waals surface area contributed by atoms with E-state index in [-0.39, 0.29) is 12.5 Å². The monoisotopic (exact) mass is 424 g/mol. The topological polar surface area (TPSA) is 60.5 Å². The normalized spacial score (nSPS) is 10.7. The Hall–Kier alpha value is -3.09. The molecular weight excluding hydrogens is 408 g/mol. The molecule has 0 saturated carbocycles. The second-order valence-electron chi connectivity index (χ2n) is 6.19. The summed E-state index contributed by atoms with van der Waals surface area (Å²) >= 11 is 7.94. The third-order valence-electron chi connectivity index (χ3n) is 4.20. The first-order chi connectivity index (χ1) is 14.1. The highest BCUT2D eigenvalue weighted by Gasteiger charge is 2.12. The molecule has 0 unspecified atom stereocenters. The van der Waals surface area contributed by atoms with Gasteiger partial charge < -0.3 is 14.8 Å². The smallest absolute Gasteiger partial charge is 0.262 e. The van der Waals surface area contributed by atoms with Crippen LogP contribution in [0.2, 0.25) is 5.02 Å². The van der Waals surface area contributed by atoms with E-state index >= 15 is 0 Å². The number of nitrogens with zero attached hydrogens (tertiary/aromatic N) is 1. The lowest BCUT2D eigenvalue weighted by Crippen LogP contribution is -2.20. The van der Waals surface area contributed by atoms with Crippen molar-refractivity contribution in [3.8, 4) is 22.1 Å². The maximum absolute atomic E-state index is 12.3. The van der Waals surface area contributed by atoms with Crippen LogP contribution in [0.1, 0.15) is 0 Å². The zero-order chi connectivity index (χ0) is 20.2. The molecule has 0 atom stereocenters. The van der Waals surface area contributed by atoms with Crippen LogP contribution in [0.25, 0.3) is 20.8 Å². The largest absolute Gasteiger partial charge is 0.497 e. The molecule has 1 aromatic heterocycles. The lowest BCUT2D eigenvalue weighted by molar-refractivity contribution is -0.118. The first-order valence-electron chi connectivity index (χ1n) is 8.84. The number of carbonyl (C=O) groups excluding carboxylic acids is 1. The summed E-state index contributed by atoms with van der Waals surface area (Å²) < 4.78 is 11.7. The lowest BCUT2D eigenvalue weighted by atomic mass is 10.2. The molecule has 0 radical (unpaired) electrons. The van der Waals surface area contributed by atoms with Gasteiger partial charge in [-0.25, -0.2) is 4.98 Å². The number of fused-ring (bicyclic) bond motifs is 1. The van der Waals surface area contributed by atoms with Gasteiger partial charge in [0.2, 0.25) is 0 Å². The second kappa shape index (κ2) is 8.51. The van der Waals surface area contributed by atoms with Crippen molar-refractivity contribution < 1.29 is 14.3 Å². The van der Waals surface area contributed by atoms with Crippen LogP contribution in [0.3, 0.4) is 0 Å². The molecule has 1 N–H and O–H groups in total. The van der Waals surface area contributed by atoms with Crippen LogP contribution in [0, 0.1) is 0 Å². The van der Waals surface area contributed by atoms with Crippen molar-refractivity contribution in [1.82, 2.24) is 4.98 Å². The van der Waals surface area contributed by atoms with Gasteiger partial charge in [-0.1, -0.05) is 23.7 Å². The Bertz CT molecular complexity index is 1130. The number of hydrogen-bond acceptors (Lipinski definition) is 5. The van der Waals surface area contributed by atoms with Gasteiger partial charge in [0.05, 0.1) is 22.3 Å². The van der Waals surface area contributed by atoms with Gasteiger partial charge >= 0.3 is 0 Å². The Labute approximate surface area is 176 Å². The molecule has 7 heteroatoms. The summed E-state index contributed by atoms with van der Waals surface area (Å²) in [5.41, 5.74) is 2.33. The minimum atomic E-state index is -0.265. The summed E-state index contributed by atoms with van der Waals surface area (Å²) in [7, 11) is 1.60. The van der Waals surface area contributed by atoms with Gasteiger partial charge in [0, 0.05) is 11.3 Å². The molecule has 1 heterocycles. The maximum Gasteiger partial charge on any atom is 0.262 e. The number of benzene rings is 3. The summed E-state index contributed by atoms with van der Waals surface area (Å²) in [6, 6.07) is 20.3. The average molecular weight is 425 g/mol. The molecule has 1 amide bonds. The van der Waals surface area contributed by atoms with Crippen molar-refractivity contribution in [2.45, 2.75) is 0 Å². The number of rotatable bonds is 6. The number of methoxy groups -OCH3 is 1. The summed E-state index contributed by atoms with van der Waals surface area (Å²) in [5.74, 6) is 1.05. The number of nitrogens with one attached hydrogen (secondary N) is 1. The molecule has 0 spiro atoms. The second-order valence-corrected chi connectivity index (χ2v) is 7.63. The number of halogens is 1. The van der Waals surface area contributed by atoms with Crippen molar-refractivity contribution in [3.05, 3.63) is 71.8 Å². The summed E-state index contributed by atoms with van der Waals surface area (Å²) in [5, 5.41) is 4.22. The molecule has 5 nitrogen and oxygen atoms in total. The molecule has 0 aliphatic carbocycles. The number of hydrogen-bond donors (Lipinski definition) is 1. The number of ether oxygens (including phenoxy) is 2. The molecule has 4 rings (SSSR count). The standard InChI is InChI=1S/C22H17ClN2O3S/c1-27-15-7-9-16(10-8-15)28-13-21(26)24-14-6-11-18(23)17(12-14)22-25-19-4-2-3-5-20(19)29-22/h2-12H,13H2,1H3,(H,24,26). The number of aromatic nitrogens is 1. The highest BCUT2D eigenvalue weighted by Crippen LogP contribution is 2.35. The number of thiazole rings is 1. The zero-order valence-corrected chi connectivity index (χ0v) is 17.1. The van der Waals surface area contributed by atoms with E-state index in [1.165, 1.54) is 0 Å². The van der Waals surface area contributed by atoms with E-state index in [2.05, 4.69) is 10.3 Å². The number of amides is 1. The van der Waals surface area contributed by atoms with Crippen molar-refractivity contribution >= 4 is 44.7 Å². The first kappa shape index (κ1) is 19.2. The predicted octanol–water partition coefficient (Wildman–Crippen LogP) is 5.64. The SMILES string of the molecule is COc1ccc(OCC(=O)Nc2ccc(Cl)c(-c3nc4ccccc4s3)c2)cc1. The van der Waals surface area contributed by atoms with Crippen LogP contribution in [0.5, 0.6) is 11.5 Å². The fraction of sp³-hybridized carbons (Fsp3) is 0.0909. The minimum absolute atomic E-state index is 0.106. The third-order valence-corrected chi connectivity index (χ3v) is 5.60. The van der Waals surface area contributed by atoms with Crippen molar-refractivity contribution in [1.29, 1.82) is 0 Å². The van der Waals surface area contributed by atoms with Gasteiger partial charge in [-0.15, -0.1) is 11.3 Å². The molecule has 29 heavy (non-hydrogen) atoms. The van der Waals surface area contributed by atoms with E-state index in [4.69, 9.17) is 21.1 Å². The number of anilines is 1. The van der Waals surface area contributed by atoms with E-state index in [0.29, 0.717) is 16.5 Å². The molecule has 0 aliphatic rings. The minimum Gasteiger partial charge on any atom is -0.497 e. The van der Waals surface area contributed by atoms with Crippen LogP contribution < -0.4 is 14.8 Å². The third kappa shape index (κ3) is 4.50. The molecular formula is C22H17ClN2O3S. The van der Waals surface area contributed by atoms with E-state index < -0.39 is 0 Å². The Morgan fingerprint density at radius 3 is 2.59 bits per heavy atom. The maximum atomic E-state index is 12.3. The molecule has 146 valence electrons. The molecule has 3 aromatic carbocycles. The Morgan fingerprint density at radius 1 is 1.07 bits per heavy atom. The highest BCUT2D eigenvalue weighted by atomic mass is 35.5. The van der Waals surface area contributed by atoms with Gasteiger partial charge in [0.15, 0.2) is 6.61 Å². The van der Waals surface area contributed by atoms with Gasteiger partial charge in [0.1, 0.15) is 16.5 Å². The number of para-hydroxylation sites is 1. The van der Waals surface area contributed by atoms with Crippen molar-refractivity contribution in [3.63, 3.8) is 0 Å². The van der Waals surface area contributed by atoms with E-state index in [1.54, 1.807) is 54.8 Å². The van der Waals surface area contributed by atoms with Crippen molar-refractivity contribution in [2.24, 2.45) is 0 Å². The molecule has 0 fully saturated rings. The van der Waals surface area contributed by atoms with E-state index in [9.17, 15) is 4.79 Å². The quantitative estimate of drug-likeness (QED) is 0.435. The van der Waals surface area contributed by atoms with Crippen LogP contribution >= 0.6 is 22.9 Å². The Morgan fingerprint density at radius 2 is 1.83 bits per heavy atom. The lowest BCUT2D eigenvalue weighted by Gasteiger charge is -2.09. The van der Waals surface area contributed by atoms with Gasteiger partial charge in [-0.05, 0) is 54.6 Å². The summed E-state index contributed by atoms with van der Waals surface area (Å²) in [4.78, 5) is 16.9. The van der Waals surface area contributed by atoms with Gasteiger partial charge in [0.25, 0.3) is 5.91 Å². The summed E-state index contributed by atoms with van der Waals surface area (Å²) in [6.45, 7) is -0.106. The highest BCUT2D eigenvalue weighted by molar-refractivity contribution is 7.21. The average Bonchev–Trinajstić information content (AvgIpc) is 3.18. The fourth-order valence-electron chi connectivity index (χ4n) is 2.77. The van der Waals surface area contributed by atoms with Crippen LogP contribution in [-0.2, 0) is 4.79 Å². The molecule has 0 saturated heterocycles. The van der Waals surface area contributed by atoms with Crippen LogP contribution in [-0.4, -0.2) is 24.6 Å². The first-order valence-corrected chi connectivity index (χ1v) is 10.0. The van der Waals surface area contributed by atoms with Crippen LogP contribution in [0.4, 0.5) is 5.69 Å². The predicted molar refractivity (Wildman–Crippen MR) is 117 cm³/mol. The van der Waals surface area contributed by atoms with Crippen LogP contribution in [0.15, 0.2) is 66.7 Å². The van der Waals surface area contributed by atoms with Gasteiger partial charge in [-0.3, -0.25) is 4.79 Å². The molecule has 0 bridgehead atoms. The van der Waals surface area contributed by atoms with E-state index in [1.807, 2.05) is 30.3 Å². The van der Waals surface area contributed by atoms with Crippen molar-refractivity contribution in [2.75, 3.05) is 19.0 Å². The zero-order valence-electron chi connectivity index (χ0n) is 15.5. The summed E-state index contributed by atoms with van der Waals surface area (Å²) in [6.07, 6.45) is 0. The molecule has 4 aromatic rings. The Kier molecular flexibility index (Phi) is 5.64. The molecule has 0 aliphatic heterocycles. The van der Waals surface area contributed by atoms with Gasteiger partial charge in [-0.2, -0.15) is 0 Å².